The fraction of sp³-hybridized carbons (Fsp3) is 0.0909. The number of thiophene rings is 1. The Bertz CT molecular complexity index is 451. The summed E-state index contributed by atoms with van der Waals surface area (Å²) in [5.74, 6) is 0. The largest absolute Gasteiger partial charge is 0.147 e. The van der Waals surface area contributed by atoms with E-state index in [1.165, 1.54) is 10.4 Å². The highest BCUT2D eigenvalue weighted by Gasteiger charge is 2.14. The van der Waals surface area contributed by atoms with Crippen molar-refractivity contribution < 1.29 is 0 Å². The van der Waals surface area contributed by atoms with Gasteiger partial charge in [-0.2, -0.15) is 0 Å². The number of hydrogen-bond acceptors (Lipinski definition) is 1. The third-order valence-corrected chi connectivity index (χ3v) is 5.47. The highest BCUT2D eigenvalue weighted by molar-refractivity contribution is 9.11. The van der Waals surface area contributed by atoms with Crippen molar-refractivity contribution in [2.24, 2.45) is 0 Å². The van der Waals surface area contributed by atoms with Crippen molar-refractivity contribution in [3.8, 4) is 0 Å². The molecular weight excluding hydrogens is 404 g/mol. The molecule has 0 radical (unpaired) electrons. The van der Waals surface area contributed by atoms with Crippen LogP contribution in [-0.2, 0) is 0 Å². The summed E-state index contributed by atoms with van der Waals surface area (Å²) >= 11 is 12.5. The molecule has 0 bridgehead atoms. The Balaban J connectivity index is 2.41. The Labute approximate surface area is 118 Å². The molecule has 0 saturated heterocycles. The van der Waals surface area contributed by atoms with Gasteiger partial charge in [-0.25, -0.2) is 0 Å². The van der Waals surface area contributed by atoms with Crippen LogP contribution >= 0.6 is 59.1 Å². The molecule has 4 heteroatoms. The molecule has 1 aromatic carbocycles. The first-order chi connectivity index (χ1) is 7.18. The van der Waals surface area contributed by atoms with E-state index < -0.39 is 0 Å². The Morgan fingerprint density at radius 3 is 2.60 bits per heavy atom. The number of rotatable bonds is 2. The molecular formula is C11H7Br3S. The fourth-order valence-corrected chi connectivity index (χ4v) is 4.03. The summed E-state index contributed by atoms with van der Waals surface area (Å²) in [4.78, 5) is 1.57. The average molecular weight is 411 g/mol. The highest BCUT2D eigenvalue weighted by atomic mass is 79.9. The number of alkyl halides is 1. The predicted molar refractivity (Wildman–Crippen MR) is 76.9 cm³/mol. The average Bonchev–Trinajstić information content (AvgIpc) is 2.74. The molecule has 0 nitrogen and oxygen atoms in total. The first kappa shape index (κ1) is 11.8. The van der Waals surface area contributed by atoms with Crippen LogP contribution in [0.5, 0.6) is 0 Å². The third-order valence-electron chi connectivity index (χ3n) is 2.02. The van der Waals surface area contributed by atoms with Crippen LogP contribution < -0.4 is 0 Å². The Morgan fingerprint density at radius 1 is 1.13 bits per heavy atom. The van der Waals surface area contributed by atoms with E-state index in [-0.39, 0.29) is 4.83 Å². The van der Waals surface area contributed by atoms with Gasteiger partial charge in [0, 0.05) is 13.8 Å². The van der Waals surface area contributed by atoms with Crippen LogP contribution in [0.3, 0.4) is 0 Å². The summed E-state index contributed by atoms with van der Waals surface area (Å²) in [6.07, 6.45) is 0. The molecule has 1 atom stereocenters. The van der Waals surface area contributed by atoms with E-state index in [9.17, 15) is 0 Å². The minimum absolute atomic E-state index is 0.254. The molecule has 2 rings (SSSR count). The number of hydrogen-bond donors (Lipinski definition) is 0. The molecule has 0 aliphatic carbocycles. The number of benzene rings is 1. The van der Waals surface area contributed by atoms with Gasteiger partial charge < -0.3 is 0 Å². The SMILES string of the molecule is Brc1ccc(Br)c(C(Br)c2cccs2)c1. The molecule has 78 valence electrons. The second-order valence-corrected chi connectivity index (χ2v) is 6.71. The van der Waals surface area contributed by atoms with Crippen molar-refractivity contribution in [2.75, 3.05) is 0 Å². The molecule has 0 aliphatic rings. The van der Waals surface area contributed by atoms with E-state index >= 15 is 0 Å². The van der Waals surface area contributed by atoms with Crippen LogP contribution in [0, 0.1) is 0 Å². The van der Waals surface area contributed by atoms with E-state index in [2.05, 4.69) is 77.4 Å². The predicted octanol–water partition coefficient (Wildman–Crippen LogP) is 5.76. The van der Waals surface area contributed by atoms with Crippen molar-refractivity contribution >= 4 is 59.1 Å². The maximum atomic E-state index is 3.72. The standard InChI is InChI=1S/C11H7Br3S/c12-7-3-4-9(13)8(6-7)11(14)10-2-1-5-15-10/h1-6,11H. The van der Waals surface area contributed by atoms with E-state index in [1.54, 1.807) is 11.3 Å². The minimum atomic E-state index is 0.254. The fourth-order valence-electron chi connectivity index (χ4n) is 1.30. The zero-order chi connectivity index (χ0) is 10.8. The Hall–Kier alpha value is 0.360. The third kappa shape index (κ3) is 2.73. The quantitative estimate of drug-likeness (QED) is 0.552. The molecule has 0 aliphatic heterocycles. The maximum Gasteiger partial charge on any atom is 0.0749 e. The maximum absolute atomic E-state index is 3.72. The second kappa shape index (κ2) is 5.13. The van der Waals surface area contributed by atoms with E-state index in [1.807, 2.05) is 6.07 Å². The van der Waals surface area contributed by atoms with Crippen LogP contribution in [-0.4, -0.2) is 0 Å². The van der Waals surface area contributed by atoms with Crippen LogP contribution in [0.15, 0.2) is 44.7 Å². The topological polar surface area (TPSA) is 0 Å². The van der Waals surface area contributed by atoms with Crippen LogP contribution in [0.1, 0.15) is 15.3 Å². The summed E-state index contributed by atoms with van der Waals surface area (Å²) in [5.41, 5.74) is 1.24. The van der Waals surface area contributed by atoms with Gasteiger partial charge in [-0.1, -0.05) is 53.9 Å². The summed E-state index contributed by atoms with van der Waals surface area (Å²) < 4.78 is 2.22. The lowest BCUT2D eigenvalue weighted by Gasteiger charge is -2.10. The van der Waals surface area contributed by atoms with Crippen LogP contribution in [0.2, 0.25) is 0 Å². The van der Waals surface area contributed by atoms with Gasteiger partial charge in [-0.15, -0.1) is 11.3 Å². The molecule has 0 saturated carbocycles. The monoisotopic (exact) mass is 408 g/mol. The molecule has 0 N–H and O–H groups in total. The highest BCUT2D eigenvalue weighted by Crippen LogP contribution is 2.38. The molecule has 2 aromatic rings. The summed E-state index contributed by atoms with van der Waals surface area (Å²) in [6, 6.07) is 10.4. The lowest BCUT2D eigenvalue weighted by atomic mass is 10.1. The molecule has 1 heterocycles. The first-order valence-electron chi connectivity index (χ1n) is 4.31. The molecule has 0 amide bonds. The van der Waals surface area contributed by atoms with Crippen molar-refractivity contribution in [3.05, 3.63) is 55.1 Å². The second-order valence-electron chi connectivity index (χ2n) is 3.04. The molecule has 1 unspecified atom stereocenters. The Kier molecular flexibility index (Phi) is 4.04. The first-order valence-corrected chi connectivity index (χ1v) is 7.69. The molecule has 15 heavy (non-hydrogen) atoms. The van der Waals surface area contributed by atoms with Crippen LogP contribution in [0.4, 0.5) is 0 Å². The normalized spacial score (nSPS) is 12.7. The zero-order valence-electron chi connectivity index (χ0n) is 7.58. The van der Waals surface area contributed by atoms with Crippen molar-refractivity contribution in [3.63, 3.8) is 0 Å². The molecule has 1 aromatic heterocycles. The molecule has 0 spiro atoms. The van der Waals surface area contributed by atoms with Gasteiger partial charge in [-0.3, -0.25) is 0 Å². The van der Waals surface area contributed by atoms with Gasteiger partial charge in [0.05, 0.1) is 4.83 Å². The summed E-state index contributed by atoms with van der Waals surface area (Å²) in [6.45, 7) is 0. The van der Waals surface area contributed by atoms with Gasteiger partial charge in [0.25, 0.3) is 0 Å². The molecule has 0 fully saturated rings. The van der Waals surface area contributed by atoms with Gasteiger partial charge in [-0.05, 0) is 35.2 Å². The van der Waals surface area contributed by atoms with Crippen molar-refractivity contribution in [2.45, 2.75) is 4.83 Å². The Morgan fingerprint density at radius 2 is 1.93 bits per heavy atom. The van der Waals surface area contributed by atoms with Crippen molar-refractivity contribution in [1.29, 1.82) is 0 Å². The van der Waals surface area contributed by atoms with Crippen molar-refractivity contribution in [1.82, 2.24) is 0 Å². The van der Waals surface area contributed by atoms with E-state index in [0.29, 0.717) is 0 Å². The lowest BCUT2D eigenvalue weighted by molar-refractivity contribution is 1.20. The smallest absolute Gasteiger partial charge is 0.0749 e. The number of halogens is 3. The van der Waals surface area contributed by atoms with E-state index in [0.717, 1.165) is 8.95 Å². The minimum Gasteiger partial charge on any atom is -0.147 e. The summed E-state index contributed by atoms with van der Waals surface area (Å²) in [7, 11) is 0. The van der Waals surface area contributed by atoms with Gasteiger partial charge >= 0.3 is 0 Å². The van der Waals surface area contributed by atoms with Crippen LogP contribution in [0.25, 0.3) is 0 Å². The van der Waals surface area contributed by atoms with Gasteiger partial charge in [0.15, 0.2) is 0 Å². The van der Waals surface area contributed by atoms with Gasteiger partial charge in [0.1, 0.15) is 0 Å². The van der Waals surface area contributed by atoms with E-state index in [4.69, 9.17) is 0 Å². The summed E-state index contributed by atoms with van der Waals surface area (Å²) in [5, 5.41) is 2.09. The lowest BCUT2D eigenvalue weighted by Crippen LogP contribution is -1.91. The zero-order valence-corrected chi connectivity index (χ0v) is 13.2. The van der Waals surface area contributed by atoms with Gasteiger partial charge in [0.2, 0.25) is 0 Å².